The molecule has 0 spiro atoms. The quantitative estimate of drug-likeness (QED) is 0.827. The average Bonchev–Trinajstić information content (AvgIpc) is 2.01. The molecule has 0 heterocycles. The van der Waals surface area contributed by atoms with Crippen LogP contribution in [0.2, 0.25) is 10.0 Å². The van der Waals surface area contributed by atoms with Crippen LogP contribution >= 0.6 is 35.6 Å². The molecular formula is C8H7Cl3F3N. The molecule has 0 amide bonds. The lowest BCUT2D eigenvalue weighted by Crippen LogP contribution is -2.28. The van der Waals surface area contributed by atoms with Gasteiger partial charge >= 0.3 is 6.18 Å². The molecule has 1 nitrogen and oxygen atoms in total. The van der Waals surface area contributed by atoms with E-state index in [4.69, 9.17) is 28.9 Å². The maximum absolute atomic E-state index is 12.2. The Labute approximate surface area is 101 Å². The van der Waals surface area contributed by atoms with Crippen LogP contribution in [0.1, 0.15) is 11.6 Å². The molecule has 0 saturated carbocycles. The molecule has 0 aromatic heterocycles. The summed E-state index contributed by atoms with van der Waals surface area (Å²) in [6.45, 7) is 0. The van der Waals surface area contributed by atoms with Crippen LogP contribution in [0.3, 0.4) is 0 Å². The summed E-state index contributed by atoms with van der Waals surface area (Å²) in [6.07, 6.45) is -4.50. The highest BCUT2D eigenvalue weighted by molar-refractivity contribution is 6.35. The second-order valence-electron chi connectivity index (χ2n) is 2.69. The lowest BCUT2D eigenvalue weighted by Gasteiger charge is -2.16. The maximum Gasteiger partial charge on any atom is 0.407 e. The van der Waals surface area contributed by atoms with Crippen LogP contribution in [-0.2, 0) is 0 Å². The molecule has 1 aromatic carbocycles. The Balaban J connectivity index is 0.00000196. The predicted octanol–water partition coefficient (Wildman–Crippen LogP) is 3.98. The van der Waals surface area contributed by atoms with E-state index in [0.717, 1.165) is 0 Å². The van der Waals surface area contributed by atoms with Crippen molar-refractivity contribution in [3.8, 4) is 0 Å². The van der Waals surface area contributed by atoms with Gasteiger partial charge in [-0.3, -0.25) is 0 Å². The summed E-state index contributed by atoms with van der Waals surface area (Å²) in [6, 6.07) is 1.63. The van der Waals surface area contributed by atoms with Crippen molar-refractivity contribution >= 4 is 35.6 Å². The third kappa shape index (κ3) is 3.72. The third-order valence-corrected chi connectivity index (χ3v) is 2.21. The molecule has 0 saturated heterocycles. The largest absolute Gasteiger partial charge is 0.407 e. The summed E-state index contributed by atoms with van der Waals surface area (Å²) in [5, 5.41) is 0.190. The van der Waals surface area contributed by atoms with Crippen LogP contribution in [-0.4, -0.2) is 6.18 Å². The first-order valence-corrected chi connectivity index (χ1v) is 4.35. The van der Waals surface area contributed by atoms with Gasteiger partial charge in [-0.15, -0.1) is 12.4 Å². The smallest absolute Gasteiger partial charge is 0.316 e. The minimum Gasteiger partial charge on any atom is -0.316 e. The van der Waals surface area contributed by atoms with E-state index >= 15 is 0 Å². The second-order valence-corrected chi connectivity index (χ2v) is 3.53. The van der Waals surface area contributed by atoms with Gasteiger partial charge in [-0.1, -0.05) is 29.3 Å². The van der Waals surface area contributed by atoms with Crippen LogP contribution in [0.4, 0.5) is 13.2 Å². The van der Waals surface area contributed by atoms with Gasteiger partial charge in [-0.2, -0.15) is 13.2 Å². The number of benzene rings is 1. The van der Waals surface area contributed by atoms with Crippen molar-refractivity contribution in [3.05, 3.63) is 33.8 Å². The molecule has 1 rings (SSSR count). The first-order valence-electron chi connectivity index (χ1n) is 3.59. The Morgan fingerprint density at radius 1 is 1.20 bits per heavy atom. The summed E-state index contributed by atoms with van der Waals surface area (Å²) in [5.41, 5.74) is 4.79. The lowest BCUT2D eigenvalue weighted by atomic mass is 10.1. The van der Waals surface area contributed by atoms with Crippen LogP contribution in [0.5, 0.6) is 0 Å². The fourth-order valence-corrected chi connectivity index (χ4v) is 1.46. The number of rotatable bonds is 1. The van der Waals surface area contributed by atoms with Crippen LogP contribution in [0, 0.1) is 0 Å². The molecule has 0 radical (unpaired) electrons. The van der Waals surface area contributed by atoms with Crippen molar-refractivity contribution < 1.29 is 13.2 Å². The molecule has 0 aliphatic carbocycles. The minimum absolute atomic E-state index is 0. The van der Waals surface area contributed by atoms with Crippen molar-refractivity contribution in [3.63, 3.8) is 0 Å². The Hall–Kier alpha value is -0.160. The highest BCUT2D eigenvalue weighted by Gasteiger charge is 2.38. The van der Waals surface area contributed by atoms with Gasteiger partial charge in [0.15, 0.2) is 0 Å². The average molecular weight is 281 g/mol. The maximum atomic E-state index is 12.2. The summed E-state index contributed by atoms with van der Waals surface area (Å²) in [7, 11) is 0. The van der Waals surface area contributed by atoms with Gasteiger partial charge in [0.1, 0.15) is 6.04 Å². The standard InChI is InChI=1S/C8H6Cl2F3N.ClH/c9-4-1-2-5(6(10)3-4)7(14)8(11,12)13;/h1-3,7H,14H2;1H. The number of hydrogen-bond donors (Lipinski definition) is 1. The fourth-order valence-electron chi connectivity index (χ4n) is 0.930. The monoisotopic (exact) mass is 279 g/mol. The van der Waals surface area contributed by atoms with Gasteiger partial charge in [0.05, 0.1) is 0 Å². The van der Waals surface area contributed by atoms with Crippen molar-refractivity contribution in [2.45, 2.75) is 12.2 Å². The van der Waals surface area contributed by atoms with E-state index < -0.39 is 12.2 Å². The summed E-state index contributed by atoms with van der Waals surface area (Å²) in [4.78, 5) is 0. The fraction of sp³-hybridized carbons (Fsp3) is 0.250. The number of alkyl halides is 3. The van der Waals surface area contributed by atoms with Crippen LogP contribution in [0.15, 0.2) is 18.2 Å². The van der Waals surface area contributed by atoms with E-state index in [9.17, 15) is 13.2 Å². The van der Waals surface area contributed by atoms with E-state index in [1.54, 1.807) is 0 Å². The third-order valence-electron chi connectivity index (χ3n) is 1.65. The van der Waals surface area contributed by atoms with Gasteiger partial charge in [0.2, 0.25) is 0 Å². The molecule has 1 unspecified atom stereocenters. The molecule has 1 atom stereocenters. The topological polar surface area (TPSA) is 26.0 Å². The van der Waals surface area contributed by atoms with Crippen LogP contribution < -0.4 is 5.73 Å². The van der Waals surface area contributed by atoms with Crippen molar-refractivity contribution in [2.24, 2.45) is 5.73 Å². The Morgan fingerprint density at radius 3 is 2.13 bits per heavy atom. The zero-order valence-electron chi connectivity index (χ0n) is 7.18. The highest BCUT2D eigenvalue weighted by atomic mass is 35.5. The SMILES string of the molecule is Cl.NC(c1ccc(Cl)cc1Cl)C(F)(F)F. The van der Waals surface area contributed by atoms with Gasteiger partial charge < -0.3 is 5.73 Å². The summed E-state index contributed by atoms with van der Waals surface area (Å²) < 4.78 is 36.6. The van der Waals surface area contributed by atoms with Crippen molar-refractivity contribution in [1.82, 2.24) is 0 Å². The molecule has 1 aromatic rings. The molecule has 0 fully saturated rings. The van der Waals surface area contributed by atoms with E-state index in [1.807, 2.05) is 0 Å². The molecule has 0 bridgehead atoms. The Morgan fingerprint density at radius 2 is 1.73 bits per heavy atom. The Bertz CT molecular complexity index is 340. The highest BCUT2D eigenvalue weighted by Crippen LogP contribution is 2.34. The molecule has 7 heteroatoms. The van der Waals surface area contributed by atoms with Gasteiger partial charge in [0, 0.05) is 10.0 Å². The van der Waals surface area contributed by atoms with Gasteiger partial charge in [-0.05, 0) is 17.7 Å². The molecule has 0 aliphatic heterocycles. The zero-order valence-corrected chi connectivity index (χ0v) is 9.51. The molecular weight excluding hydrogens is 273 g/mol. The second kappa shape index (κ2) is 5.25. The van der Waals surface area contributed by atoms with E-state index in [1.165, 1.54) is 18.2 Å². The molecule has 86 valence electrons. The molecule has 2 N–H and O–H groups in total. The van der Waals surface area contributed by atoms with Crippen molar-refractivity contribution in [2.75, 3.05) is 0 Å². The molecule has 0 aliphatic rings. The lowest BCUT2D eigenvalue weighted by molar-refractivity contribution is -0.149. The normalized spacial score (nSPS) is 13.2. The summed E-state index contributed by atoms with van der Waals surface area (Å²) >= 11 is 11.1. The van der Waals surface area contributed by atoms with Crippen molar-refractivity contribution in [1.29, 1.82) is 0 Å². The Kier molecular flexibility index (Phi) is 5.20. The summed E-state index contributed by atoms with van der Waals surface area (Å²) in [5.74, 6) is 0. The minimum atomic E-state index is -4.50. The number of nitrogens with two attached hydrogens (primary N) is 1. The van der Waals surface area contributed by atoms with Crippen LogP contribution in [0.25, 0.3) is 0 Å². The number of hydrogen-bond acceptors (Lipinski definition) is 1. The first-order chi connectivity index (χ1) is 6.32. The van der Waals surface area contributed by atoms with E-state index in [2.05, 4.69) is 0 Å². The predicted molar refractivity (Wildman–Crippen MR) is 56.7 cm³/mol. The van der Waals surface area contributed by atoms with E-state index in [-0.39, 0.29) is 28.0 Å². The zero-order chi connectivity index (χ0) is 10.9. The van der Waals surface area contributed by atoms with Gasteiger partial charge in [0.25, 0.3) is 0 Å². The van der Waals surface area contributed by atoms with Gasteiger partial charge in [-0.25, -0.2) is 0 Å². The number of halogens is 6. The van der Waals surface area contributed by atoms with E-state index in [0.29, 0.717) is 0 Å². The first kappa shape index (κ1) is 14.8. The molecule has 15 heavy (non-hydrogen) atoms.